The number of hydrogen-bond donors (Lipinski definition) is 3. The molecule has 1 aromatic heterocycles. The molecule has 0 unspecified atom stereocenters. The van der Waals surface area contributed by atoms with Gasteiger partial charge < -0.3 is 14.8 Å². The molecule has 1 aliphatic rings. The maximum absolute atomic E-state index is 10.9. The second-order valence-electron chi connectivity index (χ2n) is 7.50. The monoisotopic (exact) mass is 430 g/mol. The Morgan fingerprint density at radius 1 is 1.12 bits per heavy atom. The van der Waals surface area contributed by atoms with E-state index in [1.165, 1.54) is 5.57 Å². The summed E-state index contributed by atoms with van der Waals surface area (Å²) in [6, 6.07) is 17.8. The Kier molecular flexibility index (Phi) is 7.05. The predicted octanol–water partition coefficient (Wildman–Crippen LogP) is 4.92. The number of aromatic amines is 1. The van der Waals surface area contributed by atoms with Gasteiger partial charge in [-0.15, -0.1) is 0 Å². The first-order valence-corrected chi connectivity index (χ1v) is 10.6. The van der Waals surface area contributed by atoms with Crippen LogP contribution in [0.2, 0.25) is 0 Å². The summed E-state index contributed by atoms with van der Waals surface area (Å²) >= 11 is 0. The van der Waals surface area contributed by atoms with Crippen molar-refractivity contribution in [3.8, 4) is 5.75 Å². The molecule has 1 heterocycles. The molecule has 6 nitrogen and oxygen atoms in total. The van der Waals surface area contributed by atoms with Crippen molar-refractivity contribution < 1.29 is 19.5 Å². The lowest BCUT2D eigenvalue weighted by molar-refractivity contribution is -0.139. The van der Waals surface area contributed by atoms with Crippen LogP contribution in [0.25, 0.3) is 17.3 Å². The number of benzene rings is 2. The van der Waals surface area contributed by atoms with Crippen LogP contribution >= 0.6 is 0 Å². The summed E-state index contributed by atoms with van der Waals surface area (Å²) in [7, 11) is 0. The highest BCUT2D eigenvalue weighted by molar-refractivity contribution is 5.79. The number of rotatable bonds is 10. The SMILES string of the molecule is O=C(O)COc1cccc2c1CCC=C2CCONC(=Cc1cc[nH]c1)c1ccccc1. The molecule has 0 bridgehead atoms. The molecule has 0 saturated heterocycles. The van der Waals surface area contributed by atoms with E-state index in [1.807, 2.05) is 67.0 Å². The Bertz CT molecular complexity index is 1100. The second kappa shape index (κ2) is 10.5. The van der Waals surface area contributed by atoms with E-state index in [-0.39, 0.29) is 6.61 Å². The van der Waals surface area contributed by atoms with Gasteiger partial charge >= 0.3 is 5.97 Å². The Labute approximate surface area is 187 Å². The molecule has 1 aliphatic carbocycles. The Hall–Kier alpha value is -3.77. The number of nitrogens with one attached hydrogen (secondary N) is 2. The maximum atomic E-state index is 10.9. The molecule has 3 N–H and O–H groups in total. The van der Waals surface area contributed by atoms with Crippen molar-refractivity contribution in [2.45, 2.75) is 19.3 Å². The molecule has 4 rings (SSSR count). The van der Waals surface area contributed by atoms with Gasteiger partial charge in [0.05, 0.1) is 12.3 Å². The fourth-order valence-electron chi connectivity index (χ4n) is 3.81. The number of allylic oxidation sites excluding steroid dienone is 1. The number of fused-ring (bicyclic) bond motifs is 1. The summed E-state index contributed by atoms with van der Waals surface area (Å²) < 4.78 is 5.49. The molecule has 0 radical (unpaired) electrons. The number of hydroxylamine groups is 1. The van der Waals surface area contributed by atoms with Crippen molar-refractivity contribution in [2.24, 2.45) is 0 Å². The predicted molar refractivity (Wildman–Crippen MR) is 125 cm³/mol. The summed E-state index contributed by atoms with van der Waals surface area (Å²) in [6.07, 6.45) is 10.5. The highest BCUT2D eigenvalue weighted by Crippen LogP contribution is 2.34. The first kappa shape index (κ1) is 21.5. The van der Waals surface area contributed by atoms with Crippen LogP contribution in [0.4, 0.5) is 0 Å². The van der Waals surface area contributed by atoms with Gasteiger partial charge in [0.15, 0.2) is 6.61 Å². The third-order valence-corrected chi connectivity index (χ3v) is 5.29. The third-order valence-electron chi connectivity index (χ3n) is 5.29. The minimum atomic E-state index is -0.976. The van der Waals surface area contributed by atoms with Gasteiger partial charge in [0.2, 0.25) is 0 Å². The third kappa shape index (κ3) is 5.47. The van der Waals surface area contributed by atoms with Gasteiger partial charge in [0.25, 0.3) is 0 Å². The normalized spacial score (nSPS) is 13.2. The zero-order valence-corrected chi connectivity index (χ0v) is 17.7. The summed E-state index contributed by atoms with van der Waals surface area (Å²) in [5.74, 6) is -0.328. The largest absolute Gasteiger partial charge is 0.482 e. The number of carbonyl (C=O) groups is 1. The fourth-order valence-corrected chi connectivity index (χ4v) is 3.81. The van der Waals surface area contributed by atoms with Gasteiger partial charge in [-0.3, -0.25) is 10.3 Å². The van der Waals surface area contributed by atoms with E-state index in [2.05, 4.69) is 22.6 Å². The molecule has 6 heteroatoms. The topological polar surface area (TPSA) is 83.6 Å². The van der Waals surface area contributed by atoms with Gasteiger partial charge in [-0.2, -0.15) is 0 Å². The highest BCUT2D eigenvalue weighted by atomic mass is 16.6. The van der Waals surface area contributed by atoms with Gasteiger partial charge in [-0.1, -0.05) is 48.5 Å². The molecule has 0 saturated carbocycles. The average Bonchev–Trinajstić information content (AvgIpc) is 3.33. The molecule has 0 atom stereocenters. The van der Waals surface area contributed by atoms with Gasteiger partial charge in [0.1, 0.15) is 5.75 Å². The van der Waals surface area contributed by atoms with Crippen LogP contribution in [0.15, 0.2) is 73.1 Å². The summed E-state index contributed by atoms with van der Waals surface area (Å²) in [6.45, 7) is 0.154. The lowest BCUT2D eigenvalue weighted by Crippen LogP contribution is -2.15. The molecule has 0 amide bonds. The van der Waals surface area contributed by atoms with E-state index in [1.54, 1.807) is 0 Å². The fraction of sp³-hybridized carbons (Fsp3) is 0.192. The molecule has 0 spiro atoms. The van der Waals surface area contributed by atoms with Crippen LogP contribution in [0.1, 0.15) is 35.1 Å². The highest BCUT2D eigenvalue weighted by Gasteiger charge is 2.17. The van der Waals surface area contributed by atoms with E-state index >= 15 is 0 Å². The van der Waals surface area contributed by atoms with Crippen molar-refractivity contribution in [3.63, 3.8) is 0 Å². The Morgan fingerprint density at radius 3 is 2.78 bits per heavy atom. The minimum Gasteiger partial charge on any atom is -0.482 e. The number of hydrogen-bond acceptors (Lipinski definition) is 4. The number of aromatic nitrogens is 1. The van der Waals surface area contributed by atoms with Gasteiger partial charge in [0, 0.05) is 18.0 Å². The quantitative estimate of drug-likeness (QED) is 0.314. The van der Waals surface area contributed by atoms with Crippen LogP contribution in [0.5, 0.6) is 5.75 Å². The van der Waals surface area contributed by atoms with E-state index in [0.717, 1.165) is 47.2 Å². The Morgan fingerprint density at radius 2 is 2.00 bits per heavy atom. The number of aliphatic carboxylic acids is 1. The zero-order chi connectivity index (χ0) is 22.2. The summed E-state index contributed by atoms with van der Waals surface area (Å²) in [5, 5.41) is 8.92. The lowest BCUT2D eigenvalue weighted by Gasteiger charge is -2.21. The number of H-pyrrole nitrogens is 1. The van der Waals surface area contributed by atoms with E-state index < -0.39 is 5.97 Å². The van der Waals surface area contributed by atoms with Crippen LogP contribution < -0.4 is 10.2 Å². The molecule has 32 heavy (non-hydrogen) atoms. The van der Waals surface area contributed by atoms with Crippen molar-refractivity contribution in [2.75, 3.05) is 13.2 Å². The van der Waals surface area contributed by atoms with E-state index in [0.29, 0.717) is 12.4 Å². The molecular weight excluding hydrogens is 404 g/mol. The van der Waals surface area contributed by atoms with E-state index in [9.17, 15) is 4.79 Å². The Balaban J connectivity index is 1.40. The van der Waals surface area contributed by atoms with Crippen molar-refractivity contribution in [1.82, 2.24) is 10.5 Å². The number of carboxylic acids is 1. The molecular formula is C26H26N2O4. The second-order valence-corrected chi connectivity index (χ2v) is 7.50. The lowest BCUT2D eigenvalue weighted by atomic mass is 9.89. The molecule has 3 aromatic rings. The molecule has 2 aromatic carbocycles. The molecule has 164 valence electrons. The average molecular weight is 431 g/mol. The smallest absolute Gasteiger partial charge is 0.341 e. The first-order valence-electron chi connectivity index (χ1n) is 10.6. The summed E-state index contributed by atoms with van der Waals surface area (Å²) in [4.78, 5) is 19.8. The molecule has 0 aliphatic heterocycles. The van der Waals surface area contributed by atoms with Gasteiger partial charge in [-0.25, -0.2) is 4.79 Å². The van der Waals surface area contributed by atoms with Crippen LogP contribution in [0.3, 0.4) is 0 Å². The van der Waals surface area contributed by atoms with Crippen LogP contribution in [-0.4, -0.2) is 29.3 Å². The van der Waals surface area contributed by atoms with Crippen LogP contribution in [0, 0.1) is 0 Å². The number of carboxylic acid groups (broad SMARTS) is 1. The summed E-state index contributed by atoms with van der Waals surface area (Å²) in [5.41, 5.74) is 9.44. The van der Waals surface area contributed by atoms with Crippen molar-refractivity contribution in [1.29, 1.82) is 0 Å². The molecule has 0 fully saturated rings. The van der Waals surface area contributed by atoms with Gasteiger partial charge in [-0.05, 0) is 59.7 Å². The first-order chi connectivity index (χ1) is 15.7. The maximum Gasteiger partial charge on any atom is 0.341 e. The standard InChI is InChI=1S/C26H26N2O4/c29-26(30)18-31-25-11-5-9-22-20(8-4-10-23(22)25)13-15-32-28-24(16-19-12-14-27-17-19)21-6-2-1-3-7-21/h1-3,5-9,11-12,14,16-17,27-28H,4,10,13,15,18H2,(H,29,30). The minimum absolute atomic E-state index is 0.335. The van der Waals surface area contributed by atoms with Crippen molar-refractivity contribution in [3.05, 3.63) is 95.3 Å². The number of ether oxygens (including phenoxy) is 1. The van der Waals surface area contributed by atoms with E-state index in [4.69, 9.17) is 14.7 Å². The van der Waals surface area contributed by atoms with Crippen molar-refractivity contribution >= 4 is 23.3 Å². The van der Waals surface area contributed by atoms with Crippen LogP contribution in [-0.2, 0) is 16.1 Å². The zero-order valence-electron chi connectivity index (χ0n) is 17.7.